The predicted molar refractivity (Wildman–Crippen MR) is 87.3 cm³/mol. The van der Waals surface area contributed by atoms with Crippen molar-refractivity contribution in [1.82, 2.24) is 4.72 Å². The molecule has 2 aromatic rings. The van der Waals surface area contributed by atoms with E-state index >= 15 is 0 Å². The zero-order valence-corrected chi connectivity index (χ0v) is 13.4. The highest BCUT2D eigenvalue weighted by molar-refractivity contribution is 7.89. The minimum atomic E-state index is -3.57. The van der Waals surface area contributed by atoms with E-state index in [1.807, 2.05) is 31.2 Å². The number of hydrogen-bond acceptors (Lipinski definition) is 4. The fourth-order valence-corrected chi connectivity index (χ4v) is 3.17. The highest BCUT2D eigenvalue weighted by Crippen LogP contribution is 2.14. The minimum Gasteiger partial charge on any atom is -0.492 e. The van der Waals surface area contributed by atoms with Crippen LogP contribution in [0.1, 0.15) is 12.5 Å². The van der Waals surface area contributed by atoms with Crippen LogP contribution in [0.2, 0.25) is 0 Å². The molecule has 2 rings (SSSR count). The number of benzene rings is 2. The zero-order chi connectivity index (χ0) is 16.2. The summed E-state index contributed by atoms with van der Waals surface area (Å²) in [6, 6.07) is 13.3. The molecule has 0 bridgehead atoms. The summed E-state index contributed by atoms with van der Waals surface area (Å²) in [5, 5.41) is 0. The number of aryl methyl sites for hydroxylation is 1. The topological polar surface area (TPSA) is 81.4 Å². The SMILES string of the molecule is Cc1cccc(OC[C@@H](C)NS(=O)(=O)c2ccc(N)cc2)c1. The van der Waals surface area contributed by atoms with Gasteiger partial charge in [0, 0.05) is 5.69 Å². The molecule has 0 aliphatic rings. The van der Waals surface area contributed by atoms with Gasteiger partial charge in [-0.1, -0.05) is 12.1 Å². The highest BCUT2D eigenvalue weighted by Gasteiger charge is 2.17. The normalized spacial score (nSPS) is 12.8. The van der Waals surface area contributed by atoms with Crippen LogP contribution in [0.3, 0.4) is 0 Å². The Kier molecular flexibility index (Phi) is 5.05. The molecule has 2 aromatic carbocycles. The van der Waals surface area contributed by atoms with Gasteiger partial charge < -0.3 is 10.5 Å². The van der Waals surface area contributed by atoms with Crippen molar-refractivity contribution in [3.8, 4) is 5.75 Å². The third-order valence-electron chi connectivity index (χ3n) is 3.04. The van der Waals surface area contributed by atoms with Crippen LogP contribution in [-0.2, 0) is 10.0 Å². The molecule has 0 radical (unpaired) electrons. The van der Waals surface area contributed by atoms with Gasteiger partial charge in [-0.25, -0.2) is 13.1 Å². The number of nitrogen functional groups attached to an aromatic ring is 1. The first-order valence-corrected chi connectivity index (χ1v) is 8.42. The van der Waals surface area contributed by atoms with Gasteiger partial charge in [0.05, 0.1) is 10.9 Å². The summed E-state index contributed by atoms with van der Waals surface area (Å²) in [5.41, 5.74) is 7.17. The lowest BCUT2D eigenvalue weighted by molar-refractivity contribution is 0.287. The third-order valence-corrected chi connectivity index (χ3v) is 4.64. The average molecular weight is 320 g/mol. The molecule has 0 saturated carbocycles. The lowest BCUT2D eigenvalue weighted by atomic mass is 10.2. The Labute approximate surface area is 131 Å². The van der Waals surface area contributed by atoms with E-state index in [1.54, 1.807) is 19.1 Å². The maximum atomic E-state index is 12.2. The Bertz CT molecular complexity index is 727. The van der Waals surface area contributed by atoms with Crippen molar-refractivity contribution >= 4 is 15.7 Å². The van der Waals surface area contributed by atoms with Crippen molar-refractivity contribution < 1.29 is 13.2 Å². The summed E-state index contributed by atoms with van der Waals surface area (Å²) in [5.74, 6) is 0.721. The Morgan fingerprint density at radius 3 is 2.50 bits per heavy atom. The molecule has 0 spiro atoms. The first kappa shape index (κ1) is 16.3. The van der Waals surface area contributed by atoms with E-state index in [0.717, 1.165) is 11.3 Å². The largest absolute Gasteiger partial charge is 0.492 e. The summed E-state index contributed by atoms with van der Waals surface area (Å²) >= 11 is 0. The molecule has 0 saturated heterocycles. The fraction of sp³-hybridized carbons (Fsp3) is 0.250. The molecule has 5 nitrogen and oxygen atoms in total. The maximum Gasteiger partial charge on any atom is 0.240 e. The highest BCUT2D eigenvalue weighted by atomic mass is 32.2. The van der Waals surface area contributed by atoms with Crippen LogP contribution < -0.4 is 15.2 Å². The van der Waals surface area contributed by atoms with Crippen molar-refractivity contribution in [2.24, 2.45) is 0 Å². The molecule has 22 heavy (non-hydrogen) atoms. The Morgan fingerprint density at radius 1 is 1.18 bits per heavy atom. The summed E-state index contributed by atoms with van der Waals surface area (Å²) < 4.78 is 32.6. The molecule has 0 aliphatic carbocycles. The predicted octanol–water partition coefficient (Wildman–Crippen LogP) is 2.32. The van der Waals surface area contributed by atoms with Crippen LogP contribution >= 0.6 is 0 Å². The number of rotatable bonds is 6. The van der Waals surface area contributed by atoms with Gasteiger partial charge in [-0.2, -0.15) is 0 Å². The van der Waals surface area contributed by atoms with E-state index in [4.69, 9.17) is 10.5 Å². The van der Waals surface area contributed by atoms with Crippen LogP contribution in [0.25, 0.3) is 0 Å². The molecule has 0 unspecified atom stereocenters. The van der Waals surface area contributed by atoms with Gasteiger partial charge in [0.1, 0.15) is 12.4 Å². The van der Waals surface area contributed by atoms with E-state index in [-0.39, 0.29) is 17.5 Å². The van der Waals surface area contributed by atoms with Gasteiger partial charge in [0.25, 0.3) is 0 Å². The van der Waals surface area contributed by atoms with Gasteiger partial charge in [0.2, 0.25) is 10.0 Å². The van der Waals surface area contributed by atoms with Crippen molar-refractivity contribution in [2.75, 3.05) is 12.3 Å². The van der Waals surface area contributed by atoms with Crippen LogP contribution in [0.4, 0.5) is 5.69 Å². The molecule has 0 aromatic heterocycles. The summed E-state index contributed by atoms with van der Waals surface area (Å²) in [7, 11) is -3.57. The van der Waals surface area contributed by atoms with E-state index in [1.165, 1.54) is 12.1 Å². The molecule has 0 fully saturated rings. The number of nitrogens with one attached hydrogen (secondary N) is 1. The second kappa shape index (κ2) is 6.81. The lowest BCUT2D eigenvalue weighted by Crippen LogP contribution is -2.36. The summed E-state index contributed by atoms with van der Waals surface area (Å²) in [6.07, 6.45) is 0. The summed E-state index contributed by atoms with van der Waals surface area (Å²) in [4.78, 5) is 0.184. The average Bonchev–Trinajstić information content (AvgIpc) is 2.45. The molecule has 6 heteroatoms. The molecule has 0 amide bonds. The number of ether oxygens (including phenoxy) is 1. The number of sulfonamides is 1. The molecule has 0 aliphatic heterocycles. The number of anilines is 1. The molecule has 3 N–H and O–H groups in total. The summed E-state index contributed by atoms with van der Waals surface area (Å²) in [6.45, 7) is 3.97. The van der Waals surface area contributed by atoms with Crippen LogP contribution in [0, 0.1) is 6.92 Å². The molecular formula is C16H20N2O3S. The molecule has 0 heterocycles. The Hall–Kier alpha value is -2.05. The monoisotopic (exact) mass is 320 g/mol. The van der Waals surface area contributed by atoms with Crippen LogP contribution in [0.15, 0.2) is 53.4 Å². The fourth-order valence-electron chi connectivity index (χ4n) is 1.94. The molecular weight excluding hydrogens is 300 g/mol. The Morgan fingerprint density at radius 2 is 1.86 bits per heavy atom. The first-order valence-electron chi connectivity index (χ1n) is 6.94. The molecule has 1 atom stereocenters. The van der Waals surface area contributed by atoms with Gasteiger partial charge in [-0.3, -0.25) is 0 Å². The quantitative estimate of drug-likeness (QED) is 0.800. The van der Waals surface area contributed by atoms with Gasteiger partial charge in [-0.05, 0) is 55.8 Å². The van der Waals surface area contributed by atoms with Gasteiger partial charge in [0.15, 0.2) is 0 Å². The lowest BCUT2D eigenvalue weighted by Gasteiger charge is -2.15. The van der Waals surface area contributed by atoms with Gasteiger partial charge >= 0.3 is 0 Å². The van der Waals surface area contributed by atoms with E-state index < -0.39 is 10.0 Å². The van der Waals surface area contributed by atoms with Gasteiger partial charge in [-0.15, -0.1) is 0 Å². The van der Waals surface area contributed by atoms with E-state index in [2.05, 4.69) is 4.72 Å². The standard InChI is InChI=1S/C16H20N2O3S/c1-12-4-3-5-15(10-12)21-11-13(2)18-22(19,20)16-8-6-14(17)7-9-16/h3-10,13,18H,11,17H2,1-2H3/t13-/m1/s1. The molecule has 118 valence electrons. The zero-order valence-electron chi connectivity index (χ0n) is 12.6. The van der Waals surface area contributed by atoms with Crippen molar-refractivity contribution in [2.45, 2.75) is 24.8 Å². The van der Waals surface area contributed by atoms with Crippen molar-refractivity contribution in [3.63, 3.8) is 0 Å². The number of nitrogens with two attached hydrogens (primary N) is 1. The maximum absolute atomic E-state index is 12.2. The minimum absolute atomic E-state index is 0.184. The smallest absolute Gasteiger partial charge is 0.240 e. The van der Waals surface area contributed by atoms with E-state index in [9.17, 15) is 8.42 Å². The van der Waals surface area contributed by atoms with E-state index in [0.29, 0.717) is 5.69 Å². The van der Waals surface area contributed by atoms with Crippen molar-refractivity contribution in [3.05, 3.63) is 54.1 Å². The third kappa shape index (κ3) is 4.47. The second-order valence-electron chi connectivity index (χ2n) is 5.22. The number of hydrogen-bond donors (Lipinski definition) is 2. The first-order chi connectivity index (χ1) is 10.4. The van der Waals surface area contributed by atoms with Crippen LogP contribution in [-0.4, -0.2) is 21.1 Å². The Balaban J connectivity index is 1.96. The van der Waals surface area contributed by atoms with Crippen LogP contribution in [0.5, 0.6) is 5.75 Å². The second-order valence-corrected chi connectivity index (χ2v) is 6.93. The van der Waals surface area contributed by atoms with Crippen molar-refractivity contribution in [1.29, 1.82) is 0 Å².